The minimum Gasteiger partial charge on any atom is -0.310 e. The molecule has 9 aromatic rings. The Balaban J connectivity index is 1.16. The molecule has 7 aromatic carbocycles. The van der Waals surface area contributed by atoms with E-state index >= 15 is 0 Å². The molecule has 4 heteroatoms. The van der Waals surface area contributed by atoms with Gasteiger partial charge in [0.2, 0.25) is 0 Å². The second kappa shape index (κ2) is 12.9. The Morgan fingerprint density at radius 3 is 1.65 bits per heavy atom. The van der Waals surface area contributed by atoms with Crippen LogP contribution < -0.4 is 4.90 Å². The summed E-state index contributed by atoms with van der Waals surface area (Å²) in [7, 11) is 0. The van der Waals surface area contributed by atoms with E-state index in [1.807, 2.05) is 12.1 Å². The number of aryl methyl sites for hydroxylation is 1. The van der Waals surface area contributed by atoms with Crippen molar-refractivity contribution in [2.45, 2.75) is 6.92 Å². The summed E-state index contributed by atoms with van der Waals surface area (Å²) >= 11 is 0. The molecule has 0 amide bonds. The third kappa shape index (κ3) is 5.63. The maximum atomic E-state index is 5.11. The molecule has 2 aromatic heterocycles. The van der Waals surface area contributed by atoms with Crippen molar-refractivity contribution in [1.82, 2.24) is 14.5 Å². The molecule has 0 fully saturated rings. The van der Waals surface area contributed by atoms with Crippen LogP contribution in [0.25, 0.3) is 61.4 Å². The van der Waals surface area contributed by atoms with Crippen molar-refractivity contribution in [2.24, 2.45) is 0 Å². The van der Waals surface area contributed by atoms with Gasteiger partial charge in [-0.15, -0.1) is 0 Å². The molecule has 0 bridgehead atoms. The molecule has 2 heterocycles. The van der Waals surface area contributed by atoms with Gasteiger partial charge in [-0.05, 0) is 79.2 Å². The average Bonchev–Trinajstić information content (AvgIpc) is 3.53. The van der Waals surface area contributed by atoms with Crippen LogP contribution in [0.4, 0.5) is 17.1 Å². The van der Waals surface area contributed by atoms with Crippen molar-refractivity contribution in [3.05, 3.63) is 194 Å². The van der Waals surface area contributed by atoms with E-state index < -0.39 is 0 Å². The average molecular weight is 655 g/mol. The Morgan fingerprint density at radius 2 is 0.980 bits per heavy atom. The molecule has 0 aliphatic heterocycles. The molecule has 4 nitrogen and oxygen atoms in total. The first-order valence-electron chi connectivity index (χ1n) is 17.3. The lowest BCUT2D eigenvalue weighted by molar-refractivity contribution is 1.16. The molecule has 0 spiro atoms. The van der Waals surface area contributed by atoms with E-state index in [9.17, 15) is 0 Å². The fraction of sp³-hybridized carbons (Fsp3) is 0.0213. The SMILES string of the molecule is Cc1ccccc1-c1nc(-c2ccccc2)cc(-c2ccc(-n3c4ccccc4c4cc(N(c5ccccc5)c5ccccc5)ccc43)cc2)n1. The fourth-order valence-corrected chi connectivity index (χ4v) is 7.06. The molecule has 242 valence electrons. The van der Waals surface area contributed by atoms with E-state index in [0.717, 1.165) is 67.7 Å². The van der Waals surface area contributed by atoms with Crippen LogP contribution in [0.1, 0.15) is 5.56 Å². The zero-order valence-electron chi connectivity index (χ0n) is 28.2. The molecule has 0 N–H and O–H groups in total. The van der Waals surface area contributed by atoms with Gasteiger partial charge in [-0.1, -0.05) is 121 Å². The van der Waals surface area contributed by atoms with Gasteiger partial charge in [0.05, 0.1) is 22.4 Å². The summed E-state index contributed by atoms with van der Waals surface area (Å²) in [5.74, 6) is 0.729. The van der Waals surface area contributed by atoms with Gasteiger partial charge in [-0.3, -0.25) is 0 Å². The summed E-state index contributed by atoms with van der Waals surface area (Å²) in [6.07, 6.45) is 0. The molecular formula is C47H34N4. The number of benzene rings is 7. The highest BCUT2D eigenvalue weighted by molar-refractivity contribution is 6.10. The summed E-state index contributed by atoms with van der Waals surface area (Å²) < 4.78 is 2.36. The third-order valence-corrected chi connectivity index (χ3v) is 9.55. The Labute approximate surface area is 297 Å². The van der Waals surface area contributed by atoms with Crippen molar-refractivity contribution in [3.63, 3.8) is 0 Å². The van der Waals surface area contributed by atoms with E-state index in [0.29, 0.717) is 0 Å². The molecule has 51 heavy (non-hydrogen) atoms. The Hall–Kier alpha value is -6.78. The second-order valence-electron chi connectivity index (χ2n) is 12.8. The van der Waals surface area contributed by atoms with Gasteiger partial charge >= 0.3 is 0 Å². The normalized spacial score (nSPS) is 11.2. The highest BCUT2D eigenvalue weighted by Crippen LogP contribution is 2.40. The predicted molar refractivity (Wildman–Crippen MR) is 212 cm³/mol. The lowest BCUT2D eigenvalue weighted by Gasteiger charge is -2.25. The minimum absolute atomic E-state index is 0.729. The Kier molecular flexibility index (Phi) is 7.67. The monoisotopic (exact) mass is 654 g/mol. The summed E-state index contributed by atoms with van der Waals surface area (Å²) in [5, 5.41) is 2.42. The second-order valence-corrected chi connectivity index (χ2v) is 12.8. The van der Waals surface area contributed by atoms with Crippen LogP contribution in [-0.4, -0.2) is 14.5 Å². The molecule has 0 aliphatic carbocycles. The first-order chi connectivity index (χ1) is 25.2. The van der Waals surface area contributed by atoms with Gasteiger partial charge in [0, 0.05) is 50.2 Å². The van der Waals surface area contributed by atoms with Crippen LogP contribution in [0.3, 0.4) is 0 Å². The summed E-state index contributed by atoms with van der Waals surface area (Å²) in [6.45, 7) is 2.11. The van der Waals surface area contributed by atoms with E-state index in [4.69, 9.17) is 9.97 Å². The quantitative estimate of drug-likeness (QED) is 0.171. The number of rotatable bonds is 7. The van der Waals surface area contributed by atoms with E-state index in [1.165, 1.54) is 16.3 Å². The first-order valence-corrected chi connectivity index (χ1v) is 17.3. The van der Waals surface area contributed by atoms with Crippen molar-refractivity contribution in [1.29, 1.82) is 0 Å². The highest BCUT2D eigenvalue weighted by atomic mass is 15.1. The largest absolute Gasteiger partial charge is 0.310 e. The van der Waals surface area contributed by atoms with Crippen molar-refractivity contribution in [3.8, 4) is 39.6 Å². The zero-order valence-corrected chi connectivity index (χ0v) is 28.2. The number of hydrogen-bond donors (Lipinski definition) is 0. The van der Waals surface area contributed by atoms with Crippen LogP contribution >= 0.6 is 0 Å². The number of anilines is 3. The van der Waals surface area contributed by atoms with Gasteiger partial charge < -0.3 is 9.47 Å². The van der Waals surface area contributed by atoms with Gasteiger partial charge in [0.25, 0.3) is 0 Å². The van der Waals surface area contributed by atoms with E-state index in [2.05, 4.69) is 192 Å². The Bertz CT molecular complexity index is 2590. The maximum absolute atomic E-state index is 5.11. The van der Waals surface area contributed by atoms with Gasteiger partial charge in [-0.2, -0.15) is 0 Å². The van der Waals surface area contributed by atoms with Gasteiger partial charge in [0.1, 0.15) is 0 Å². The van der Waals surface area contributed by atoms with Crippen LogP contribution in [-0.2, 0) is 0 Å². The van der Waals surface area contributed by atoms with Crippen LogP contribution in [0, 0.1) is 6.92 Å². The smallest absolute Gasteiger partial charge is 0.160 e. The van der Waals surface area contributed by atoms with Crippen LogP contribution in [0.15, 0.2) is 188 Å². The summed E-state index contributed by atoms with van der Waals surface area (Å²) in [6, 6.07) is 66.1. The van der Waals surface area contributed by atoms with Crippen LogP contribution in [0.2, 0.25) is 0 Å². The minimum atomic E-state index is 0.729. The van der Waals surface area contributed by atoms with Gasteiger partial charge in [-0.25, -0.2) is 9.97 Å². The molecule has 0 saturated carbocycles. The first kappa shape index (κ1) is 30.3. The maximum Gasteiger partial charge on any atom is 0.160 e. The lowest BCUT2D eigenvalue weighted by Crippen LogP contribution is -2.09. The lowest BCUT2D eigenvalue weighted by atomic mass is 10.0. The van der Waals surface area contributed by atoms with Gasteiger partial charge in [0.15, 0.2) is 5.82 Å². The van der Waals surface area contributed by atoms with Crippen molar-refractivity contribution in [2.75, 3.05) is 4.90 Å². The Morgan fingerprint density at radius 1 is 0.431 bits per heavy atom. The molecule has 0 aliphatic rings. The summed E-state index contributed by atoms with van der Waals surface area (Å²) in [5.41, 5.74) is 12.9. The molecule has 0 unspecified atom stereocenters. The number of aromatic nitrogens is 3. The fourth-order valence-electron chi connectivity index (χ4n) is 7.06. The van der Waals surface area contributed by atoms with Crippen molar-refractivity contribution >= 4 is 38.9 Å². The zero-order chi connectivity index (χ0) is 34.1. The highest BCUT2D eigenvalue weighted by Gasteiger charge is 2.18. The van der Waals surface area contributed by atoms with E-state index in [-0.39, 0.29) is 0 Å². The third-order valence-electron chi connectivity index (χ3n) is 9.55. The molecular weight excluding hydrogens is 621 g/mol. The standard InChI is InChI=1S/C47H34N4/c1-33-15-11-12-22-40(33)47-48-43(34-16-5-2-6-17-34)32-44(49-47)35-25-27-38(28-26-35)51-45-24-14-13-23-41(45)42-31-39(29-30-46(42)51)50(36-18-7-3-8-19-36)37-20-9-4-10-21-37/h2-32H,1H3. The molecule has 0 saturated heterocycles. The van der Waals surface area contributed by atoms with E-state index in [1.54, 1.807) is 0 Å². The summed E-state index contributed by atoms with van der Waals surface area (Å²) in [4.78, 5) is 12.4. The predicted octanol–water partition coefficient (Wildman–Crippen LogP) is 12.4. The molecule has 0 atom stereocenters. The topological polar surface area (TPSA) is 34.0 Å². The van der Waals surface area contributed by atoms with Crippen molar-refractivity contribution < 1.29 is 0 Å². The van der Waals surface area contributed by atoms with Crippen LogP contribution in [0.5, 0.6) is 0 Å². The number of nitrogens with zero attached hydrogens (tertiary/aromatic N) is 4. The number of hydrogen-bond acceptors (Lipinski definition) is 3. The number of fused-ring (bicyclic) bond motifs is 3. The number of para-hydroxylation sites is 3. The molecule has 9 rings (SSSR count). The molecule has 0 radical (unpaired) electrons.